The van der Waals surface area contributed by atoms with Crippen molar-refractivity contribution in [1.82, 2.24) is 4.31 Å². The van der Waals surface area contributed by atoms with Crippen molar-refractivity contribution in [1.29, 1.82) is 0 Å². The molecule has 0 aliphatic heterocycles. The van der Waals surface area contributed by atoms with Gasteiger partial charge in [0.2, 0.25) is 15.9 Å². The summed E-state index contributed by atoms with van der Waals surface area (Å²) in [7, 11) is -3.97. The highest BCUT2D eigenvalue weighted by Gasteiger charge is 2.26. The molecule has 3 rings (SSSR count). The average molecular weight is 430 g/mol. The summed E-state index contributed by atoms with van der Waals surface area (Å²) in [4.78, 5) is 12.5. The Morgan fingerprint density at radius 1 is 0.900 bits per heavy atom. The van der Waals surface area contributed by atoms with Gasteiger partial charge in [0.05, 0.1) is 17.1 Å². The second kappa shape index (κ2) is 9.60. The first-order valence-electron chi connectivity index (χ1n) is 9.20. The van der Waals surface area contributed by atoms with E-state index in [9.17, 15) is 22.0 Å². The van der Waals surface area contributed by atoms with E-state index in [1.165, 1.54) is 12.1 Å². The molecule has 3 aromatic rings. The van der Waals surface area contributed by atoms with Crippen LogP contribution in [0.5, 0.6) is 0 Å². The quantitative estimate of drug-likeness (QED) is 0.591. The Balaban J connectivity index is 1.81. The lowest BCUT2D eigenvalue weighted by Gasteiger charge is -2.22. The minimum Gasteiger partial charge on any atom is -0.322 e. The largest absolute Gasteiger partial charge is 0.322 e. The van der Waals surface area contributed by atoms with Crippen molar-refractivity contribution in [3.63, 3.8) is 0 Å². The van der Waals surface area contributed by atoms with E-state index in [1.54, 1.807) is 18.2 Å². The number of carbonyl (C=O) groups excluding carboxylic acids is 1. The molecule has 1 amide bonds. The topological polar surface area (TPSA) is 66.5 Å². The van der Waals surface area contributed by atoms with Gasteiger partial charge in [0.25, 0.3) is 0 Å². The summed E-state index contributed by atoms with van der Waals surface area (Å²) in [6.07, 6.45) is 0.383. The number of hydrogen-bond acceptors (Lipinski definition) is 3. The highest BCUT2D eigenvalue weighted by Crippen LogP contribution is 2.18. The van der Waals surface area contributed by atoms with Crippen LogP contribution in [0.2, 0.25) is 0 Å². The molecule has 3 aromatic carbocycles. The fraction of sp³-hybridized carbons (Fsp3) is 0.136. The normalized spacial score (nSPS) is 11.4. The minimum absolute atomic E-state index is 0.0420. The number of nitrogens with zero attached hydrogens (tertiary/aromatic N) is 1. The van der Waals surface area contributed by atoms with Crippen molar-refractivity contribution in [3.05, 3.63) is 96.1 Å². The Morgan fingerprint density at radius 3 is 2.20 bits per heavy atom. The molecule has 8 heteroatoms. The van der Waals surface area contributed by atoms with Crippen LogP contribution in [0.25, 0.3) is 0 Å². The van der Waals surface area contributed by atoms with Crippen LogP contribution in [0.1, 0.15) is 5.56 Å². The van der Waals surface area contributed by atoms with E-state index in [1.807, 2.05) is 30.3 Å². The van der Waals surface area contributed by atoms with E-state index in [-0.39, 0.29) is 17.1 Å². The Kier molecular flexibility index (Phi) is 6.91. The van der Waals surface area contributed by atoms with Gasteiger partial charge in [0, 0.05) is 12.6 Å². The summed E-state index contributed by atoms with van der Waals surface area (Å²) in [5.41, 5.74) is 0.558. The predicted octanol–water partition coefficient (Wildman–Crippen LogP) is 3.84. The van der Waals surface area contributed by atoms with Gasteiger partial charge in [-0.1, -0.05) is 48.5 Å². The minimum atomic E-state index is -3.97. The summed E-state index contributed by atoms with van der Waals surface area (Å²) >= 11 is 0. The molecule has 0 radical (unpaired) electrons. The maximum atomic E-state index is 13.8. The molecule has 0 bridgehead atoms. The van der Waals surface area contributed by atoms with Crippen LogP contribution in [0.15, 0.2) is 83.8 Å². The number of rotatable bonds is 8. The zero-order chi connectivity index (χ0) is 21.6. The Hall–Kier alpha value is -3.10. The molecule has 0 unspecified atom stereocenters. The predicted molar refractivity (Wildman–Crippen MR) is 110 cm³/mol. The molecule has 0 aromatic heterocycles. The third-order valence-corrected chi connectivity index (χ3v) is 6.26. The molecule has 0 fully saturated rings. The van der Waals surface area contributed by atoms with Crippen molar-refractivity contribution in [3.8, 4) is 0 Å². The molecule has 0 heterocycles. The molecule has 0 aliphatic carbocycles. The highest BCUT2D eigenvalue weighted by atomic mass is 32.2. The third kappa shape index (κ3) is 5.49. The van der Waals surface area contributed by atoms with Gasteiger partial charge in [-0.3, -0.25) is 4.79 Å². The van der Waals surface area contributed by atoms with Crippen molar-refractivity contribution < 1.29 is 22.0 Å². The van der Waals surface area contributed by atoms with E-state index < -0.39 is 34.1 Å². The smallest absolute Gasteiger partial charge is 0.243 e. The van der Waals surface area contributed by atoms with Crippen LogP contribution in [-0.2, 0) is 21.2 Å². The molecule has 156 valence electrons. The fourth-order valence-corrected chi connectivity index (χ4v) is 4.29. The van der Waals surface area contributed by atoms with Crippen molar-refractivity contribution >= 4 is 21.6 Å². The maximum absolute atomic E-state index is 13.8. The van der Waals surface area contributed by atoms with E-state index in [0.717, 1.165) is 28.1 Å². The standard InChI is InChI=1S/C22H20F2N2O3S/c23-18-11-12-20(24)21(15-18)25-22(27)16-26(14-13-17-7-3-1-4-8-17)30(28,29)19-9-5-2-6-10-19/h1-12,15H,13-14,16H2,(H,25,27). The van der Waals surface area contributed by atoms with E-state index in [4.69, 9.17) is 0 Å². The number of benzene rings is 3. The summed E-state index contributed by atoms with van der Waals surface area (Å²) in [5.74, 6) is -2.30. The van der Waals surface area contributed by atoms with Crippen LogP contribution in [0.3, 0.4) is 0 Å². The number of nitrogens with one attached hydrogen (secondary N) is 1. The lowest BCUT2D eigenvalue weighted by molar-refractivity contribution is -0.116. The fourth-order valence-electron chi connectivity index (χ4n) is 2.87. The highest BCUT2D eigenvalue weighted by molar-refractivity contribution is 7.89. The maximum Gasteiger partial charge on any atom is 0.243 e. The summed E-state index contributed by atoms with van der Waals surface area (Å²) in [6, 6.07) is 19.6. The monoisotopic (exact) mass is 430 g/mol. The summed E-state index contributed by atoms with van der Waals surface area (Å²) in [6.45, 7) is -0.500. The van der Waals surface area contributed by atoms with Gasteiger partial charge in [0.1, 0.15) is 11.6 Å². The van der Waals surface area contributed by atoms with Gasteiger partial charge in [0.15, 0.2) is 0 Å². The second-order valence-electron chi connectivity index (χ2n) is 6.56. The van der Waals surface area contributed by atoms with Crippen molar-refractivity contribution in [2.24, 2.45) is 0 Å². The van der Waals surface area contributed by atoms with Crippen LogP contribution < -0.4 is 5.32 Å². The lowest BCUT2D eigenvalue weighted by atomic mass is 10.1. The molecule has 0 saturated heterocycles. The number of hydrogen-bond donors (Lipinski definition) is 1. The van der Waals surface area contributed by atoms with E-state index in [0.29, 0.717) is 6.42 Å². The summed E-state index contributed by atoms with van der Waals surface area (Å²) < 4.78 is 54.4. The molecule has 30 heavy (non-hydrogen) atoms. The molecule has 0 spiro atoms. The van der Waals surface area contributed by atoms with Crippen LogP contribution in [0, 0.1) is 11.6 Å². The van der Waals surface area contributed by atoms with Crippen LogP contribution in [0.4, 0.5) is 14.5 Å². The SMILES string of the molecule is O=C(CN(CCc1ccccc1)S(=O)(=O)c1ccccc1)Nc1cc(F)ccc1F. The second-order valence-corrected chi connectivity index (χ2v) is 8.50. The molecule has 0 saturated carbocycles. The zero-order valence-corrected chi connectivity index (χ0v) is 16.8. The average Bonchev–Trinajstić information content (AvgIpc) is 2.75. The van der Waals surface area contributed by atoms with Crippen molar-refractivity contribution in [2.75, 3.05) is 18.4 Å². The number of sulfonamides is 1. The Labute approximate surface area is 174 Å². The van der Waals surface area contributed by atoms with Gasteiger partial charge < -0.3 is 5.32 Å². The Bertz CT molecular complexity index is 1110. The van der Waals surface area contributed by atoms with Gasteiger partial charge in [-0.05, 0) is 36.2 Å². The van der Waals surface area contributed by atoms with Crippen LogP contribution >= 0.6 is 0 Å². The molecule has 0 atom stereocenters. The Morgan fingerprint density at radius 2 is 1.53 bits per heavy atom. The zero-order valence-electron chi connectivity index (χ0n) is 16.0. The van der Waals surface area contributed by atoms with E-state index in [2.05, 4.69) is 5.32 Å². The molecule has 5 nitrogen and oxygen atoms in total. The van der Waals surface area contributed by atoms with Crippen LogP contribution in [-0.4, -0.2) is 31.7 Å². The first-order valence-corrected chi connectivity index (χ1v) is 10.6. The van der Waals surface area contributed by atoms with Gasteiger partial charge in [-0.25, -0.2) is 17.2 Å². The molecule has 1 N–H and O–H groups in total. The van der Waals surface area contributed by atoms with Gasteiger partial charge in [-0.2, -0.15) is 4.31 Å². The van der Waals surface area contributed by atoms with Crippen molar-refractivity contribution in [2.45, 2.75) is 11.3 Å². The first kappa shape index (κ1) is 21.6. The van der Waals surface area contributed by atoms with Gasteiger partial charge >= 0.3 is 0 Å². The molecular formula is C22H20F2N2O3S. The number of amides is 1. The third-order valence-electron chi connectivity index (χ3n) is 4.40. The van der Waals surface area contributed by atoms with Gasteiger partial charge in [-0.15, -0.1) is 0 Å². The molecular weight excluding hydrogens is 410 g/mol. The van der Waals surface area contributed by atoms with E-state index >= 15 is 0 Å². The summed E-state index contributed by atoms with van der Waals surface area (Å²) in [5, 5.41) is 2.24. The lowest BCUT2D eigenvalue weighted by Crippen LogP contribution is -2.39. The number of anilines is 1. The molecule has 0 aliphatic rings. The first-order chi connectivity index (χ1) is 14.4. The number of halogens is 2. The number of carbonyl (C=O) groups is 1.